The number of unbranched alkanes of at least 4 members (excludes halogenated alkanes) is 3. The normalized spacial score (nSPS) is 10.4. The van der Waals surface area contributed by atoms with E-state index in [0.717, 1.165) is 25.6 Å². The maximum absolute atomic E-state index is 5.41. The monoisotopic (exact) mass is 389 g/mol. The van der Waals surface area contributed by atoms with Crippen molar-refractivity contribution >= 4 is 21.2 Å². The lowest BCUT2D eigenvalue weighted by molar-refractivity contribution is 0.122. The number of hydrogen-bond acceptors (Lipinski definition) is 4. The smallest absolute Gasteiger partial charge is 0.377 e. The fourth-order valence-electron chi connectivity index (χ4n) is 2.33. The SMILES string of the molecule is C=CC.CO[Si](CCCCCCNCc1ccccc1)(OC)OC.Cl. The third kappa shape index (κ3) is 13.2. The third-order valence-electron chi connectivity index (χ3n) is 3.69. The molecule has 0 heterocycles. The second-order valence-corrected chi connectivity index (χ2v) is 8.62. The molecule has 0 aliphatic rings. The second-order valence-electron chi connectivity index (χ2n) is 5.53. The van der Waals surface area contributed by atoms with E-state index in [1.165, 1.54) is 24.8 Å². The minimum absolute atomic E-state index is 0. The lowest BCUT2D eigenvalue weighted by Gasteiger charge is -2.24. The Morgan fingerprint density at radius 3 is 2.00 bits per heavy atom. The minimum atomic E-state index is -2.35. The number of nitrogens with one attached hydrogen (secondary N) is 1. The van der Waals surface area contributed by atoms with Crippen molar-refractivity contribution < 1.29 is 13.3 Å². The van der Waals surface area contributed by atoms with Crippen LogP contribution in [-0.4, -0.2) is 36.7 Å². The predicted octanol–water partition coefficient (Wildman–Crippen LogP) is 4.83. The number of hydrogen-bond donors (Lipinski definition) is 1. The molecule has 0 fully saturated rings. The van der Waals surface area contributed by atoms with Crippen LogP contribution in [0.1, 0.15) is 38.2 Å². The second kappa shape index (κ2) is 18.1. The molecular formula is C19H36ClNO3Si. The summed E-state index contributed by atoms with van der Waals surface area (Å²) in [6.07, 6.45) is 6.47. The van der Waals surface area contributed by atoms with Gasteiger partial charge in [-0.05, 0) is 31.9 Å². The summed E-state index contributed by atoms with van der Waals surface area (Å²) in [5, 5.41) is 3.48. The van der Waals surface area contributed by atoms with Gasteiger partial charge >= 0.3 is 8.80 Å². The van der Waals surface area contributed by atoms with Gasteiger partial charge in [-0.3, -0.25) is 0 Å². The Kier molecular flexibility index (Phi) is 19.2. The Hall–Kier alpha value is -0.693. The molecule has 0 bridgehead atoms. The van der Waals surface area contributed by atoms with Gasteiger partial charge in [-0.25, -0.2) is 0 Å². The fraction of sp³-hybridized carbons (Fsp3) is 0.579. The lowest BCUT2D eigenvalue weighted by atomic mass is 10.2. The third-order valence-corrected chi connectivity index (χ3v) is 6.52. The maximum Gasteiger partial charge on any atom is 0.500 e. The molecule has 0 radical (unpaired) electrons. The lowest BCUT2D eigenvalue weighted by Crippen LogP contribution is -2.42. The molecule has 0 atom stereocenters. The molecule has 1 aromatic carbocycles. The van der Waals surface area contributed by atoms with Gasteiger partial charge in [-0.15, -0.1) is 19.0 Å². The predicted molar refractivity (Wildman–Crippen MR) is 111 cm³/mol. The van der Waals surface area contributed by atoms with E-state index in [-0.39, 0.29) is 12.4 Å². The molecule has 146 valence electrons. The van der Waals surface area contributed by atoms with Crippen LogP contribution in [0.2, 0.25) is 6.04 Å². The van der Waals surface area contributed by atoms with Crippen LogP contribution >= 0.6 is 12.4 Å². The maximum atomic E-state index is 5.41. The molecule has 0 aliphatic heterocycles. The zero-order chi connectivity index (χ0) is 18.1. The van der Waals surface area contributed by atoms with Gasteiger partial charge in [0.2, 0.25) is 0 Å². The van der Waals surface area contributed by atoms with Crippen molar-refractivity contribution in [3.8, 4) is 0 Å². The highest BCUT2D eigenvalue weighted by molar-refractivity contribution is 6.60. The first kappa shape index (κ1) is 26.5. The van der Waals surface area contributed by atoms with Crippen molar-refractivity contribution in [3.05, 3.63) is 48.6 Å². The Morgan fingerprint density at radius 1 is 0.960 bits per heavy atom. The van der Waals surface area contributed by atoms with Gasteiger partial charge in [-0.1, -0.05) is 49.2 Å². The summed E-state index contributed by atoms with van der Waals surface area (Å²) in [5.41, 5.74) is 1.34. The Bertz CT molecular complexity index is 395. The van der Waals surface area contributed by atoms with Crippen LogP contribution in [0.25, 0.3) is 0 Å². The van der Waals surface area contributed by atoms with Crippen molar-refractivity contribution in [1.29, 1.82) is 0 Å². The Balaban J connectivity index is 0. The van der Waals surface area contributed by atoms with Gasteiger partial charge in [0, 0.05) is 33.9 Å². The first-order chi connectivity index (χ1) is 11.7. The molecule has 4 nitrogen and oxygen atoms in total. The van der Waals surface area contributed by atoms with Crippen molar-refractivity contribution in [2.24, 2.45) is 0 Å². The summed E-state index contributed by atoms with van der Waals surface area (Å²) in [5.74, 6) is 0. The van der Waals surface area contributed by atoms with E-state index in [4.69, 9.17) is 13.3 Å². The topological polar surface area (TPSA) is 39.7 Å². The highest BCUT2D eigenvalue weighted by Gasteiger charge is 2.36. The first-order valence-corrected chi connectivity index (χ1v) is 10.6. The number of halogens is 1. The summed E-state index contributed by atoms with van der Waals surface area (Å²) in [6, 6.07) is 11.4. The Labute approximate surface area is 161 Å². The van der Waals surface area contributed by atoms with E-state index in [1.807, 2.05) is 13.0 Å². The quantitative estimate of drug-likeness (QED) is 0.316. The van der Waals surface area contributed by atoms with E-state index >= 15 is 0 Å². The molecule has 1 rings (SSSR count). The molecule has 0 amide bonds. The summed E-state index contributed by atoms with van der Waals surface area (Å²) >= 11 is 0. The minimum Gasteiger partial charge on any atom is -0.377 e. The molecule has 0 unspecified atom stereocenters. The molecule has 0 saturated heterocycles. The van der Waals surface area contributed by atoms with Crippen molar-refractivity contribution in [1.82, 2.24) is 5.32 Å². The average molecular weight is 390 g/mol. The summed E-state index contributed by atoms with van der Waals surface area (Å²) in [4.78, 5) is 0. The van der Waals surface area contributed by atoms with Crippen molar-refractivity contribution in [2.45, 2.75) is 45.2 Å². The van der Waals surface area contributed by atoms with Crippen LogP contribution in [0, 0.1) is 0 Å². The van der Waals surface area contributed by atoms with Gasteiger partial charge in [-0.2, -0.15) is 0 Å². The standard InChI is InChI=1S/C16H29NO3Si.C3H6.ClH/c1-18-21(19-2,20-3)14-10-5-4-9-13-17-15-16-11-7-6-8-12-16;1-3-2;/h6-8,11-12,17H,4-5,9-10,13-15H2,1-3H3;3H,1H2,2H3;1H. The number of allylic oxidation sites excluding steroid dienone is 1. The van der Waals surface area contributed by atoms with Crippen LogP contribution in [0.4, 0.5) is 0 Å². The van der Waals surface area contributed by atoms with E-state index in [0.29, 0.717) is 0 Å². The Morgan fingerprint density at radius 2 is 1.48 bits per heavy atom. The van der Waals surface area contributed by atoms with Crippen LogP contribution in [0.3, 0.4) is 0 Å². The molecule has 0 aliphatic carbocycles. The zero-order valence-corrected chi connectivity index (χ0v) is 18.1. The van der Waals surface area contributed by atoms with Gasteiger partial charge in [0.1, 0.15) is 0 Å². The van der Waals surface area contributed by atoms with E-state index in [2.05, 4.69) is 36.2 Å². The summed E-state index contributed by atoms with van der Waals surface area (Å²) in [6.45, 7) is 7.27. The molecular weight excluding hydrogens is 354 g/mol. The summed E-state index contributed by atoms with van der Waals surface area (Å²) < 4.78 is 16.2. The van der Waals surface area contributed by atoms with E-state index < -0.39 is 8.80 Å². The largest absolute Gasteiger partial charge is 0.500 e. The molecule has 0 spiro atoms. The number of benzene rings is 1. The number of rotatable bonds is 12. The van der Waals surface area contributed by atoms with Crippen LogP contribution < -0.4 is 5.32 Å². The molecule has 1 N–H and O–H groups in total. The molecule has 6 heteroatoms. The van der Waals surface area contributed by atoms with Crippen molar-refractivity contribution in [3.63, 3.8) is 0 Å². The average Bonchev–Trinajstić information content (AvgIpc) is 2.63. The van der Waals surface area contributed by atoms with Gasteiger partial charge < -0.3 is 18.6 Å². The summed E-state index contributed by atoms with van der Waals surface area (Å²) in [7, 11) is 2.67. The van der Waals surface area contributed by atoms with E-state index in [1.54, 1.807) is 27.4 Å². The van der Waals surface area contributed by atoms with Crippen LogP contribution in [-0.2, 0) is 19.8 Å². The van der Waals surface area contributed by atoms with E-state index in [9.17, 15) is 0 Å². The van der Waals surface area contributed by atoms with Gasteiger partial charge in [0.25, 0.3) is 0 Å². The fourth-order valence-corrected chi connectivity index (χ4v) is 4.13. The molecule has 25 heavy (non-hydrogen) atoms. The molecule has 1 aromatic rings. The zero-order valence-electron chi connectivity index (χ0n) is 16.3. The van der Waals surface area contributed by atoms with Crippen LogP contribution in [0.15, 0.2) is 43.0 Å². The van der Waals surface area contributed by atoms with Gasteiger partial charge in [0.05, 0.1) is 0 Å². The first-order valence-electron chi connectivity index (χ1n) is 8.65. The highest BCUT2D eigenvalue weighted by Crippen LogP contribution is 2.17. The molecule has 0 aromatic heterocycles. The molecule has 0 saturated carbocycles. The van der Waals surface area contributed by atoms with Crippen molar-refractivity contribution in [2.75, 3.05) is 27.9 Å². The van der Waals surface area contributed by atoms with Crippen LogP contribution in [0.5, 0.6) is 0 Å². The van der Waals surface area contributed by atoms with Gasteiger partial charge in [0.15, 0.2) is 0 Å². The highest BCUT2D eigenvalue weighted by atomic mass is 35.5.